The van der Waals surface area contributed by atoms with Crippen molar-refractivity contribution >= 4 is 17.8 Å². The Morgan fingerprint density at radius 1 is 1.03 bits per heavy atom. The highest BCUT2D eigenvalue weighted by Gasteiger charge is 2.33. The van der Waals surface area contributed by atoms with Gasteiger partial charge in [0.05, 0.1) is 0 Å². The standard InChI is InChI=1S/C23H25N3O6/c1-2-16-6-5-9-24-21(16)23(29)31-15-20(27)25-10-12-26(13-11-25)22(28)19-14-30-17-7-3-4-8-18(17)32-19/h3-9,19H,2,10-15H2,1H3. The van der Waals surface area contributed by atoms with Crippen LogP contribution in [0.25, 0.3) is 0 Å². The first-order valence-corrected chi connectivity index (χ1v) is 10.6. The van der Waals surface area contributed by atoms with Crippen molar-refractivity contribution in [2.45, 2.75) is 19.4 Å². The summed E-state index contributed by atoms with van der Waals surface area (Å²) in [6, 6.07) is 10.8. The molecule has 0 saturated carbocycles. The summed E-state index contributed by atoms with van der Waals surface area (Å²) < 4.78 is 16.6. The molecule has 0 bridgehead atoms. The molecular formula is C23H25N3O6. The molecular weight excluding hydrogens is 414 g/mol. The van der Waals surface area contributed by atoms with Gasteiger partial charge in [-0.15, -0.1) is 0 Å². The number of amides is 2. The molecule has 2 aromatic rings. The second-order valence-corrected chi connectivity index (χ2v) is 7.51. The molecule has 0 radical (unpaired) electrons. The van der Waals surface area contributed by atoms with Crippen molar-refractivity contribution in [2.24, 2.45) is 0 Å². The van der Waals surface area contributed by atoms with Gasteiger partial charge in [-0.2, -0.15) is 0 Å². The van der Waals surface area contributed by atoms with Gasteiger partial charge in [-0.05, 0) is 30.2 Å². The Morgan fingerprint density at radius 2 is 1.75 bits per heavy atom. The number of hydrogen-bond donors (Lipinski definition) is 0. The van der Waals surface area contributed by atoms with Gasteiger partial charge in [-0.3, -0.25) is 9.59 Å². The summed E-state index contributed by atoms with van der Waals surface area (Å²) in [5, 5.41) is 0. The quantitative estimate of drug-likeness (QED) is 0.648. The number of carbonyl (C=O) groups excluding carboxylic acids is 3. The average molecular weight is 439 g/mol. The van der Waals surface area contributed by atoms with Crippen molar-refractivity contribution in [1.29, 1.82) is 0 Å². The van der Waals surface area contributed by atoms with Crippen LogP contribution in [0.1, 0.15) is 23.0 Å². The molecule has 32 heavy (non-hydrogen) atoms. The van der Waals surface area contributed by atoms with E-state index in [-0.39, 0.29) is 30.7 Å². The number of ether oxygens (including phenoxy) is 3. The predicted molar refractivity (Wildman–Crippen MR) is 113 cm³/mol. The van der Waals surface area contributed by atoms with Crippen LogP contribution in [0.4, 0.5) is 0 Å². The van der Waals surface area contributed by atoms with Gasteiger partial charge in [0.2, 0.25) is 6.10 Å². The number of benzene rings is 1. The molecule has 0 spiro atoms. The minimum atomic E-state index is -0.709. The topological polar surface area (TPSA) is 98.3 Å². The second-order valence-electron chi connectivity index (χ2n) is 7.51. The van der Waals surface area contributed by atoms with Gasteiger partial charge < -0.3 is 24.0 Å². The predicted octanol–water partition coefficient (Wildman–Crippen LogP) is 1.31. The molecule has 1 unspecified atom stereocenters. The number of carbonyl (C=O) groups is 3. The van der Waals surface area contributed by atoms with E-state index >= 15 is 0 Å². The molecule has 2 aliphatic rings. The average Bonchev–Trinajstić information content (AvgIpc) is 2.86. The van der Waals surface area contributed by atoms with Crippen molar-refractivity contribution in [2.75, 3.05) is 39.4 Å². The van der Waals surface area contributed by atoms with E-state index in [0.29, 0.717) is 44.1 Å². The summed E-state index contributed by atoms with van der Waals surface area (Å²) in [6.45, 7) is 3.18. The monoisotopic (exact) mass is 439 g/mol. The van der Waals surface area contributed by atoms with Crippen molar-refractivity contribution in [3.8, 4) is 11.5 Å². The Morgan fingerprint density at radius 3 is 2.50 bits per heavy atom. The molecule has 1 saturated heterocycles. The zero-order chi connectivity index (χ0) is 22.5. The number of piperazine rings is 1. The summed E-state index contributed by atoms with van der Waals surface area (Å²) in [5.74, 6) is 0.0929. The summed E-state index contributed by atoms with van der Waals surface area (Å²) in [5.41, 5.74) is 1.00. The molecule has 0 N–H and O–H groups in total. The molecule has 9 heteroatoms. The molecule has 9 nitrogen and oxygen atoms in total. The Balaban J connectivity index is 1.25. The van der Waals surface area contributed by atoms with Crippen LogP contribution in [0.15, 0.2) is 42.6 Å². The maximum Gasteiger partial charge on any atom is 0.357 e. The van der Waals surface area contributed by atoms with E-state index < -0.39 is 12.1 Å². The second kappa shape index (κ2) is 9.67. The lowest BCUT2D eigenvalue weighted by Crippen LogP contribution is -2.55. The number of esters is 1. The molecule has 4 rings (SSSR count). The van der Waals surface area contributed by atoms with Gasteiger partial charge in [0.15, 0.2) is 23.8 Å². The highest BCUT2D eigenvalue weighted by molar-refractivity contribution is 5.91. The molecule has 2 aliphatic heterocycles. The smallest absolute Gasteiger partial charge is 0.357 e. The number of para-hydroxylation sites is 2. The third-order valence-electron chi connectivity index (χ3n) is 5.52. The third kappa shape index (κ3) is 4.66. The van der Waals surface area contributed by atoms with E-state index in [1.54, 1.807) is 34.1 Å². The van der Waals surface area contributed by atoms with Crippen LogP contribution in [0.2, 0.25) is 0 Å². The van der Waals surface area contributed by atoms with Crippen LogP contribution in [0, 0.1) is 0 Å². The number of aromatic nitrogens is 1. The Kier molecular flexibility index (Phi) is 6.53. The van der Waals surface area contributed by atoms with Gasteiger partial charge in [0, 0.05) is 32.4 Å². The summed E-state index contributed by atoms with van der Waals surface area (Å²) in [4.78, 5) is 44.9. The van der Waals surface area contributed by atoms with Crippen LogP contribution >= 0.6 is 0 Å². The van der Waals surface area contributed by atoms with Crippen LogP contribution in [-0.4, -0.2) is 78.1 Å². The fourth-order valence-corrected chi connectivity index (χ4v) is 3.72. The highest BCUT2D eigenvalue weighted by Crippen LogP contribution is 2.31. The van der Waals surface area contributed by atoms with E-state index in [9.17, 15) is 14.4 Å². The van der Waals surface area contributed by atoms with Crippen LogP contribution in [0.3, 0.4) is 0 Å². The minimum absolute atomic E-state index is 0.151. The van der Waals surface area contributed by atoms with Crippen molar-refractivity contribution in [1.82, 2.24) is 14.8 Å². The van der Waals surface area contributed by atoms with Crippen LogP contribution < -0.4 is 9.47 Å². The fourth-order valence-electron chi connectivity index (χ4n) is 3.72. The molecule has 168 valence electrons. The molecule has 1 aromatic heterocycles. The van der Waals surface area contributed by atoms with E-state index in [1.807, 2.05) is 19.1 Å². The Hall–Kier alpha value is -3.62. The molecule has 3 heterocycles. The SMILES string of the molecule is CCc1cccnc1C(=O)OCC(=O)N1CCN(C(=O)C2COc3ccccc3O2)CC1. The number of pyridine rings is 1. The molecule has 0 aliphatic carbocycles. The first-order valence-electron chi connectivity index (χ1n) is 10.6. The van der Waals surface area contributed by atoms with Gasteiger partial charge >= 0.3 is 5.97 Å². The lowest BCUT2D eigenvalue weighted by Gasteiger charge is -2.37. The normalized spacial score (nSPS) is 17.6. The van der Waals surface area contributed by atoms with Gasteiger partial charge in [-0.1, -0.05) is 25.1 Å². The molecule has 1 atom stereocenters. The summed E-state index contributed by atoms with van der Waals surface area (Å²) in [6.07, 6.45) is 1.45. The summed E-state index contributed by atoms with van der Waals surface area (Å²) in [7, 11) is 0. The molecule has 2 amide bonds. The van der Waals surface area contributed by atoms with Crippen molar-refractivity contribution < 1.29 is 28.6 Å². The Bertz CT molecular complexity index is 1000. The lowest BCUT2D eigenvalue weighted by molar-refractivity contribution is -0.147. The lowest BCUT2D eigenvalue weighted by atomic mass is 10.1. The first-order chi connectivity index (χ1) is 15.6. The molecule has 1 fully saturated rings. The first kappa shape index (κ1) is 21.6. The third-order valence-corrected chi connectivity index (χ3v) is 5.52. The van der Waals surface area contributed by atoms with E-state index in [1.165, 1.54) is 6.20 Å². The number of rotatable bonds is 5. The van der Waals surface area contributed by atoms with E-state index in [4.69, 9.17) is 14.2 Å². The number of hydrogen-bond acceptors (Lipinski definition) is 7. The van der Waals surface area contributed by atoms with Crippen LogP contribution in [-0.2, 0) is 20.7 Å². The maximum absolute atomic E-state index is 12.8. The van der Waals surface area contributed by atoms with Crippen LogP contribution in [0.5, 0.6) is 11.5 Å². The largest absolute Gasteiger partial charge is 0.485 e. The fraction of sp³-hybridized carbons (Fsp3) is 0.391. The van der Waals surface area contributed by atoms with Gasteiger partial charge in [0.25, 0.3) is 11.8 Å². The van der Waals surface area contributed by atoms with Gasteiger partial charge in [-0.25, -0.2) is 9.78 Å². The highest BCUT2D eigenvalue weighted by atomic mass is 16.6. The summed E-state index contributed by atoms with van der Waals surface area (Å²) >= 11 is 0. The van der Waals surface area contributed by atoms with E-state index in [0.717, 1.165) is 5.56 Å². The zero-order valence-corrected chi connectivity index (χ0v) is 17.9. The van der Waals surface area contributed by atoms with Crippen molar-refractivity contribution in [3.63, 3.8) is 0 Å². The number of aryl methyl sites for hydroxylation is 1. The Labute approximate surface area is 185 Å². The number of nitrogens with zero attached hydrogens (tertiary/aromatic N) is 3. The van der Waals surface area contributed by atoms with E-state index in [2.05, 4.69) is 4.98 Å². The van der Waals surface area contributed by atoms with Gasteiger partial charge in [0.1, 0.15) is 6.61 Å². The van der Waals surface area contributed by atoms with Crippen molar-refractivity contribution in [3.05, 3.63) is 53.9 Å². The maximum atomic E-state index is 12.8. The number of fused-ring (bicyclic) bond motifs is 1. The minimum Gasteiger partial charge on any atom is -0.485 e. The zero-order valence-electron chi connectivity index (χ0n) is 17.9. The molecule has 1 aromatic carbocycles.